The van der Waals surface area contributed by atoms with E-state index in [9.17, 15) is 4.79 Å². The monoisotopic (exact) mass is 291 g/mol. The predicted molar refractivity (Wildman–Crippen MR) is 82.5 cm³/mol. The molecule has 1 atom stereocenters. The largest absolute Gasteiger partial charge is 0.492 e. The molecule has 1 aliphatic heterocycles. The van der Waals surface area contributed by atoms with Crippen LogP contribution in [0.1, 0.15) is 31.2 Å². The predicted octanol–water partition coefficient (Wildman–Crippen LogP) is 2.66. The van der Waals surface area contributed by atoms with Gasteiger partial charge in [-0.25, -0.2) is 0 Å². The van der Waals surface area contributed by atoms with Crippen molar-refractivity contribution in [2.45, 2.75) is 38.1 Å². The number of ether oxygens (including phenoxy) is 2. The number of benzene rings is 1. The van der Waals surface area contributed by atoms with Crippen LogP contribution >= 0.6 is 0 Å². The van der Waals surface area contributed by atoms with E-state index in [2.05, 4.69) is 16.7 Å². The van der Waals surface area contributed by atoms with Crippen molar-refractivity contribution in [1.29, 1.82) is 0 Å². The number of aryl methyl sites for hydroxylation is 1. The van der Waals surface area contributed by atoms with E-state index in [0.29, 0.717) is 18.9 Å². The zero-order chi connectivity index (χ0) is 15.1. The summed E-state index contributed by atoms with van der Waals surface area (Å²) in [5.41, 5.74) is 1.13. The van der Waals surface area contributed by atoms with Crippen LogP contribution in [0, 0.1) is 0 Å². The molecule has 0 radical (unpaired) electrons. The molecule has 0 spiro atoms. The van der Waals surface area contributed by atoms with Crippen molar-refractivity contribution < 1.29 is 14.3 Å². The van der Waals surface area contributed by atoms with E-state index in [1.807, 2.05) is 24.3 Å². The molecule has 0 aromatic heterocycles. The molecule has 1 unspecified atom stereocenters. The van der Waals surface area contributed by atoms with Crippen LogP contribution in [0.5, 0.6) is 5.75 Å². The zero-order valence-corrected chi connectivity index (χ0v) is 13.0. The van der Waals surface area contributed by atoms with E-state index in [1.54, 1.807) is 0 Å². The number of likely N-dealkylation sites (tertiary alicyclic amines) is 1. The number of methoxy groups -OCH3 is 1. The van der Waals surface area contributed by atoms with Gasteiger partial charge < -0.3 is 14.4 Å². The number of hydrogen-bond donors (Lipinski definition) is 0. The normalized spacial score (nSPS) is 19.2. The van der Waals surface area contributed by atoms with Gasteiger partial charge >= 0.3 is 5.97 Å². The lowest BCUT2D eigenvalue weighted by atomic mass is 10.0. The summed E-state index contributed by atoms with van der Waals surface area (Å²) < 4.78 is 10.5. The van der Waals surface area contributed by atoms with Gasteiger partial charge in [0.25, 0.3) is 0 Å². The minimum absolute atomic E-state index is 0.171. The number of rotatable bonds is 6. The van der Waals surface area contributed by atoms with Gasteiger partial charge in [-0.3, -0.25) is 4.79 Å². The first-order valence-electron chi connectivity index (χ1n) is 7.68. The number of piperidine rings is 1. The minimum atomic E-state index is -0.171. The molecule has 1 aromatic rings. The van der Waals surface area contributed by atoms with Gasteiger partial charge in [-0.1, -0.05) is 18.6 Å². The van der Waals surface area contributed by atoms with E-state index < -0.39 is 0 Å². The molecule has 1 heterocycles. The molecule has 0 amide bonds. The molecule has 2 rings (SSSR count). The Morgan fingerprint density at radius 1 is 1.29 bits per heavy atom. The third kappa shape index (κ3) is 5.05. The lowest BCUT2D eigenvalue weighted by molar-refractivity contribution is -0.140. The minimum Gasteiger partial charge on any atom is -0.492 e. The highest BCUT2D eigenvalue weighted by molar-refractivity contribution is 5.69. The van der Waals surface area contributed by atoms with Crippen LogP contribution in [0.15, 0.2) is 24.3 Å². The van der Waals surface area contributed by atoms with E-state index >= 15 is 0 Å². The fourth-order valence-electron chi connectivity index (χ4n) is 2.65. The average molecular weight is 291 g/mol. The number of esters is 1. The Morgan fingerprint density at radius 2 is 2.05 bits per heavy atom. The Balaban J connectivity index is 1.78. The zero-order valence-electron chi connectivity index (χ0n) is 13.0. The summed E-state index contributed by atoms with van der Waals surface area (Å²) >= 11 is 0. The van der Waals surface area contributed by atoms with Gasteiger partial charge in [0.15, 0.2) is 0 Å². The molecule has 1 fully saturated rings. The van der Waals surface area contributed by atoms with Crippen molar-refractivity contribution in [3.05, 3.63) is 29.8 Å². The highest BCUT2D eigenvalue weighted by Crippen LogP contribution is 2.18. The summed E-state index contributed by atoms with van der Waals surface area (Å²) in [7, 11) is 3.59. The highest BCUT2D eigenvalue weighted by atomic mass is 16.5. The maximum atomic E-state index is 11.1. The molecule has 116 valence electrons. The first-order chi connectivity index (χ1) is 10.2. The number of nitrogens with zero attached hydrogens (tertiary/aromatic N) is 1. The van der Waals surface area contributed by atoms with Crippen LogP contribution in [0.3, 0.4) is 0 Å². The first kappa shape index (κ1) is 15.8. The molecule has 1 aliphatic rings. The quantitative estimate of drug-likeness (QED) is 0.755. The Labute approximate surface area is 127 Å². The SMILES string of the molecule is COC(=O)CCc1ccc(OCC2CCCCN2C)cc1. The molecule has 4 nitrogen and oxygen atoms in total. The van der Waals surface area contributed by atoms with Gasteiger partial charge in [0.2, 0.25) is 0 Å². The third-order valence-electron chi connectivity index (χ3n) is 4.13. The molecular formula is C17H25NO3. The van der Waals surface area contributed by atoms with Gasteiger partial charge in [-0.15, -0.1) is 0 Å². The van der Waals surface area contributed by atoms with Crippen LogP contribution < -0.4 is 4.74 Å². The summed E-state index contributed by atoms with van der Waals surface area (Å²) in [6, 6.07) is 8.52. The molecule has 4 heteroatoms. The second-order valence-electron chi connectivity index (χ2n) is 5.66. The smallest absolute Gasteiger partial charge is 0.305 e. The molecule has 21 heavy (non-hydrogen) atoms. The standard InChI is InChI=1S/C17H25NO3/c1-18-12-4-3-5-15(18)13-21-16-9-6-14(7-10-16)8-11-17(19)20-2/h6-7,9-10,15H,3-5,8,11-13H2,1-2H3. The van der Waals surface area contributed by atoms with Gasteiger partial charge in [0.05, 0.1) is 7.11 Å². The molecule has 0 N–H and O–H groups in total. The van der Waals surface area contributed by atoms with E-state index in [-0.39, 0.29) is 5.97 Å². The van der Waals surface area contributed by atoms with Crippen LogP contribution in [0.25, 0.3) is 0 Å². The highest BCUT2D eigenvalue weighted by Gasteiger charge is 2.19. The first-order valence-corrected chi connectivity index (χ1v) is 7.68. The van der Waals surface area contributed by atoms with Crippen LogP contribution in [0.4, 0.5) is 0 Å². The number of carbonyl (C=O) groups excluding carboxylic acids is 1. The lowest BCUT2D eigenvalue weighted by Gasteiger charge is -2.32. The molecule has 1 aromatic carbocycles. The summed E-state index contributed by atoms with van der Waals surface area (Å²) in [4.78, 5) is 13.5. The summed E-state index contributed by atoms with van der Waals surface area (Å²) in [5.74, 6) is 0.728. The molecular weight excluding hydrogens is 266 g/mol. The molecule has 0 saturated carbocycles. The number of hydrogen-bond acceptors (Lipinski definition) is 4. The Kier molecular flexibility index (Phi) is 6.05. The lowest BCUT2D eigenvalue weighted by Crippen LogP contribution is -2.40. The summed E-state index contributed by atoms with van der Waals surface area (Å²) in [6.45, 7) is 1.92. The molecule has 1 saturated heterocycles. The van der Waals surface area contributed by atoms with E-state index in [0.717, 1.165) is 17.9 Å². The second kappa shape index (κ2) is 8.03. The van der Waals surface area contributed by atoms with Crippen molar-refractivity contribution >= 4 is 5.97 Å². The number of likely N-dealkylation sites (N-methyl/N-ethyl adjacent to an activating group) is 1. The number of carbonyl (C=O) groups is 1. The Hall–Kier alpha value is -1.55. The summed E-state index contributed by atoms with van der Waals surface area (Å²) in [5, 5.41) is 0. The fraction of sp³-hybridized carbons (Fsp3) is 0.588. The molecule has 0 aliphatic carbocycles. The van der Waals surface area contributed by atoms with Gasteiger partial charge in [0.1, 0.15) is 12.4 Å². The van der Waals surface area contributed by atoms with Crippen molar-refractivity contribution in [3.63, 3.8) is 0 Å². The maximum Gasteiger partial charge on any atom is 0.305 e. The van der Waals surface area contributed by atoms with Gasteiger partial charge in [-0.2, -0.15) is 0 Å². The van der Waals surface area contributed by atoms with Crippen LogP contribution in [-0.2, 0) is 16.0 Å². The summed E-state index contributed by atoms with van der Waals surface area (Å²) in [6.07, 6.45) is 4.93. The van der Waals surface area contributed by atoms with E-state index in [1.165, 1.54) is 32.9 Å². The van der Waals surface area contributed by atoms with Gasteiger partial charge in [0, 0.05) is 12.5 Å². The second-order valence-corrected chi connectivity index (χ2v) is 5.66. The maximum absolute atomic E-state index is 11.1. The topological polar surface area (TPSA) is 38.8 Å². The molecule has 0 bridgehead atoms. The van der Waals surface area contributed by atoms with Gasteiger partial charge in [-0.05, 0) is 50.6 Å². The third-order valence-corrected chi connectivity index (χ3v) is 4.13. The van der Waals surface area contributed by atoms with Crippen molar-refractivity contribution in [2.75, 3.05) is 27.3 Å². The van der Waals surface area contributed by atoms with E-state index in [4.69, 9.17) is 4.74 Å². The van der Waals surface area contributed by atoms with Crippen molar-refractivity contribution in [1.82, 2.24) is 4.90 Å². The van der Waals surface area contributed by atoms with Crippen LogP contribution in [0.2, 0.25) is 0 Å². The Bertz CT molecular complexity index is 444. The van der Waals surface area contributed by atoms with Crippen molar-refractivity contribution in [3.8, 4) is 5.75 Å². The van der Waals surface area contributed by atoms with Crippen molar-refractivity contribution in [2.24, 2.45) is 0 Å². The fourth-order valence-corrected chi connectivity index (χ4v) is 2.65. The van der Waals surface area contributed by atoms with Crippen LogP contribution in [-0.4, -0.2) is 44.2 Å². The average Bonchev–Trinajstić information content (AvgIpc) is 2.53. The Morgan fingerprint density at radius 3 is 2.71 bits per heavy atom.